The van der Waals surface area contributed by atoms with Crippen LogP contribution in [0, 0.1) is 5.82 Å². The van der Waals surface area contributed by atoms with Crippen molar-refractivity contribution in [1.29, 1.82) is 0 Å². The van der Waals surface area contributed by atoms with Crippen molar-refractivity contribution in [3.8, 4) is 11.5 Å². The van der Waals surface area contributed by atoms with Crippen LogP contribution in [0.2, 0.25) is 0 Å². The molecular weight excluding hydrogens is 391 g/mol. The molecule has 2 rings (SSSR count). The van der Waals surface area contributed by atoms with Gasteiger partial charge in [-0.05, 0) is 53.3 Å². The maximum Gasteiger partial charge on any atom is 0.238 e. The van der Waals surface area contributed by atoms with Crippen LogP contribution in [0.4, 0.5) is 10.1 Å². The van der Waals surface area contributed by atoms with Gasteiger partial charge in [0, 0.05) is 17.8 Å². The maximum absolute atomic E-state index is 13.2. The number of hydrogen-bond donors (Lipinski definition) is 1. The molecule has 0 aliphatic heterocycles. The molecule has 0 aromatic heterocycles. The smallest absolute Gasteiger partial charge is 0.238 e. The number of nitrogens with one attached hydrogen (secondary N) is 1. The van der Waals surface area contributed by atoms with Crippen LogP contribution in [-0.2, 0) is 11.3 Å². The molecule has 134 valence electrons. The Bertz CT molecular complexity index is 755. The highest BCUT2D eigenvalue weighted by Gasteiger charge is 2.14. The summed E-state index contributed by atoms with van der Waals surface area (Å²) in [5, 5.41) is 2.68. The summed E-state index contributed by atoms with van der Waals surface area (Å²) >= 11 is 3.42. The molecule has 0 atom stereocenters. The molecule has 1 amide bonds. The molecule has 0 aliphatic carbocycles. The highest BCUT2D eigenvalue weighted by Crippen LogP contribution is 2.33. The Labute approximate surface area is 154 Å². The molecule has 0 spiro atoms. The standard InChI is InChI=1S/C18H20BrFN2O3/c1-22(11-18(23)21-14-6-4-5-13(20)8-14)10-12-7-17(25-3)15(19)9-16(12)24-2/h4-9H,10-11H2,1-3H3,(H,21,23). The maximum atomic E-state index is 13.2. The fraction of sp³-hybridized carbons (Fsp3) is 0.278. The van der Waals surface area contributed by atoms with Gasteiger partial charge in [0.15, 0.2) is 0 Å². The molecule has 2 aromatic rings. The topological polar surface area (TPSA) is 50.8 Å². The quantitative estimate of drug-likeness (QED) is 0.756. The zero-order valence-corrected chi connectivity index (χ0v) is 15.9. The van der Waals surface area contributed by atoms with Gasteiger partial charge in [0.25, 0.3) is 0 Å². The van der Waals surface area contributed by atoms with Gasteiger partial charge in [-0.15, -0.1) is 0 Å². The van der Waals surface area contributed by atoms with Crippen molar-refractivity contribution in [3.05, 3.63) is 52.3 Å². The summed E-state index contributed by atoms with van der Waals surface area (Å²) in [6.45, 7) is 0.640. The molecule has 0 heterocycles. The highest BCUT2D eigenvalue weighted by molar-refractivity contribution is 9.10. The van der Waals surface area contributed by atoms with Crippen molar-refractivity contribution in [2.24, 2.45) is 0 Å². The fourth-order valence-corrected chi connectivity index (χ4v) is 2.89. The molecule has 0 bridgehead atoms. The van der Waals surface area contributed by atoms with E-state index in [4.69, 9.17) is 9.47 Å². The molecule has 2 aromatic carbocycles. The number of carbonyl (C=O) groups is 1. The Hall–Kier alpha value is -2.12. The lowest BCUT2D eigenvalue weighted by Crippen LogP contribution is -2.30. The molecule has 0 saturated carbocycles. The number of likely N-dealkylation sites (N-methyl/N-ethyl adjacent to an activating group) is 1. The van der Waals surface area contributed by atoms with Crippen LogP contribution in [0.1, 0.15) is 5.56 Å². The Balaban J connectivity index is 2.02. The van der Waals surface area contributed by atoms with E-state index in [0.717, 1.165) is 10.0 Å². The second kappa shape index (κ2) is 8.82. The van der Waals surface area contributed by atoms with Crippen molar-refractivity contribution in [2.75, 3.05) is 33.1 Å². The number of benzene rings is 2. The first-order valence-corrected chi connectivity index (χ1v) is 8.36. The first-order chi connectivity index (χ1) is 11.9. The number of carbonyl (C=O) groups excluding carboxylic acids is 1. The molecular formula is C18H20BrFN2O3. The van der Waals surface area contributed by atoms with Gasteiger partial charge >= 0.3 is 0 Å². The third-order valence-corrected chi connectivity index (χ3v) is 4.14. The summed E-state index contributed by atoms with van der Waals surface area (Å²) < 4.78 is 24.6. The summed E-state index contributed by atoms with van der Waals surface area (Å²) in [4.78, 5) is 14.0. The number of rotatable bonds is 7. The number of nitrogens with zero attached hydrogens (tertiary/aromatic N) is 1. The van der Waals surface area contributed by atoms with Gasteiger partial charge in [0.1, 0.15) is 17.3 Å². The minimum atomic E-state index is -0.391. The van der Waals surface area contributed by atoms with E-state index in [-0.39, 0.29) is 12.5 Å². The van der Waals surface area contributed by atoms with Crippen molar-refractivity contribution in [3.63, 3.8) is 0 Å². The summed E-state index contributed by atoms with van der Waals surface area (Å²) in [7, 11) is 5.00. The molecule has 7 heteroatoms. The molecule has 0 saturated heterocycles. The van der Waals surface area contributed by atoms with Crippen LogP contribution in [0.25, 0.3) is 0 Å². The van der Waals surface area contributed by atoms with Gasteiger partial charge < -0.3 is 14.8 Å². The van der Waals surface area contributed by atoms with Gasteiger partial charge in [-0.1, -0.05) is 6.07 Å². The number of ether oxygens (including phenoxy) is 2. The first-order valence-electron chi connectivity index (χ1n) is 7.57. The number of hydrogen-bond acceptors (Lipinski definition) is 4. The average molecular weight is 411 g/mol. The lowest BCUT2D eigenvalue weighted by molar-refractivity contribution is -0.117. The first kappa shape index (κ1) is 19.2. The van der Waals surface area contributed by atoms with Gasteiger partial charge in [-0.2, -0.15) is 0 Å². The minimum absolute atomic E-state index is 0.151. The molecule has 0 radical (unpaired) electrons. The van der Waals surface area contributed by atoms with Crippen LogP contribution in [0.15, 0.2) is 40.9 Å². The van der Waals surface area contributed by atoms with Gasteiger partial charge in [-0.3, -0.25) is 9.69 Å². The van der Waals surface area contributed by atoms with Crippen LogP contribution in [0.5, 0.6) is 11.5 Å². The van der Waals surface area contributed by atoms with E-state index in [2.05, 4.69) is 21.2 Å². The number of anilines is 1. The van der Waals surface area contributed by atoms with E-state index in [1.165, 1.54) is 12.1 Å². The fourth-order valence-electron chi connectivity index (χ4n) is 2.41. The zero-order chi connectivity index (χ0) is 18.4. The second-order valence-corrected chi connectivity index (χ2v) is 6.38. The molecule has 0 fully saturated rings. The number of halogens is 2. The summed E-state index contributed by atoms with van der Waals surface area (Å²) in [6, 6.07) is 9.49. The van der Waals surface area contributed by atoms with E-state index in [9.17, 15) is 9.18 Å². The normalized spacial score (nSPS) is 10.6. The number of methoxy groups -OCH3 is 2. The van der Waals surface area contributed by atoms with E-state index in [0.29, 0.717) is 23.7 Å². The Morgan fingerprint density at radius 1 is 1.20 bits per heavy atom. The van der Waals surface area contributed by atoms with Crippen LogP contribution in [-0.4, -0.2) is 38.6 Å². The lowest BCUT2D eigenvalue weighted by atomic mass is 10.1. The van der Waals surface area contributed by atoms with Gasteiger partial charge in [-0.25, -0.2) is 4.39 Å². The zero-order valence-electron chi connectivity index (χ0n) is 14.3. The third-order valence-electron chi connectivity index (χ3n) is 3.52. The predicted octanol–water partition coefficient (Wildman–Crippen LogP) is 3.68. The van der Waals surface area contributed by atoms with Crippen molar-refractivity contribution >= 4 is 27.5 Å². The van der Waals surface area contributed by atoms with Gasteiger partial charge in [0.2, 0.25) is 5.91 Å². The SMILES string of the molecule is COc1cc(CN(C)CC(=O)Nc2cccc(F)c2)c(OC)cc1Br. The molecule has 0 aliphatic rings. The lowest BCUT2D eigenvalue weighted by Gasteiger charge is -2.19. The molecule has 1 N–H and O–H groups in total. The highest BCUT2D eigenvalue weighted by atomic mass is 79.9. The minimum Gasteiger partial charge on any atom is -0.496 e. The van der Waals surface area contributed by atoms with Crippen LogP contribution in [0.3, 0.4) is 0 Å². The van der Waals surface area contributed by atoms with E-state index < -0.39 is 5.82 Å². The predicted molar refractivity (Wildman–Crippen MR) is 98.6 cm³/mol. The average Bonchev–Trinajstić information content (AvgIpc) is 2.55. The molecule has 5 nitrogen and oxygen atoms in total. The number of amides is 1. The monoisotopic (exact) mass is 410 g/mol. The summed E-state index contributed by atoms with van der Waals surface area (Å²) in [5.74, 6) is 0.771. The summed E-state index contributed by atoms with van der Waals surface area (Å²) in [5.41, 5.74) is 1.32. The third kappa shape index (κ3) is 5.44. The molecule has 0 unspecified atom stereocenters. The largest absolute Gasteiger partial charge is 0.496 e. The Kier molecular flexibility index (Phi) is 6.78. The second-order valence-electron chi connectivity index (χ2n) is 5.53. The Morgan fingerprint density at radius 3 is 2.56 bits per heavy atom. The van der Waals surface area contributed by atoms with E-state index >= 15 is 0 Å². The van der Waals surface area contributed by atoms with E-state index in [1.807, 2.05) is 24.1 Å². The van der Waals surface area contributed by atoms with Crippen LogP contribution >= 0.6 is 15.9 Å². The van der Waals surface area contributed by atoms with Gasteiger partial charge in [0.05, 0.1) is 25.2 Å². The Morgan fingerprint density at radius 2 is 1.92 bits per heavy atom. The van der Waals surface area contributed by atoms with Crippen molar-refractivity contribution < 1.29 is 18.7 Å². The van der Waals surface area contributed by atoms with E-state index in [1.54, 1.807) is 26.4 Å². The van der Waals surface area contributed by atoms with Crippen molar-refractivity contribution in [1.82, 2.24) is 4.90 Å². The summed E-state index contributed by atoms with van der Waals surface area (Å²) in [6.07, 6.45) is 0. The van der Waals surface area contributed by atoms with Crippen molar-refractivity contribution in [2.45, 2.75) is 6.54 Å². The van der Waals surface area contributed by atoms with Crippen LogP contribution < -0.4 is 14.8 Å². The molecule has 25 heavy (non-hydrogen) atoms.